The summed E-state index contributed by atoms with van der Waals surface area (Å²) in [6, 6.07) is 21.9. The van der Waals surface area contributed by atoms with Gasteiger partial charge in [0.1, 0.15) is 11.1 Å². The van der Waals surface area contributed by atoms with Crippen LogP contribution in [0.25, 0.3) is 0 Å². The van der Waals surface area contributed by atoms with Crippen molar-refractivity contribution in [2.75, 3.05) is 14.1 Å². The summed E-state index contributed by atoms with van der Waals surface area (Å²) in [5, 5.41) is 4.95. The third kappa shape index (κ3) is 8.99. The molecule has 4 aromatic rings. The van der Waals surface area contributed by atoms with Crippen LogP contribution in [-0.4, -0.2) is 46.6 Å². The minimum Gasteiger partial charge on any atom is -0.355 e. The van der Waals surface area contributed by atoms with E-state index in [0.29, 0.717) is 60.7 Å². The van der Waals surface area contributed by atoms with Gasteiger partial charge in [0.15, 0.2) is 11.6 Å². The number of carbonyl (C=O) groups excluding carboxylic acids is 4. The quantitative estimate of drug-likeness (QED) is 0.204. The van der Waals surface area contributed by atoms with Crippen molar-refractivity contribution in [3.63, 3.8) is 0 Å². The van der Waals surface area contributed by atoms with Crippen molar-refractivity contribution in [3.05, 3.63) is 139 Å². The van der Waals surface area contributed by atoms with E-state index in [2.05, 4.69) is 24.5 Å². The first-order valence-electron chi connectivity index (χ1n) is 17.1. The van der Waals surface area contributed by atoms with E-state index in [4.69, 9.17) is 0 Å². The SMILES string of the molecule is CNC(=O)c1cc(C(=O)C[C@H]2C[C@@H]2C)cn(Cc2ccccc2)c1=O.CNC(=O)c1cc(C(=O)C[C@H]2C[C@H]2C)cn(Cc2ccccc2)c1=O. The molecule has 2 heterocycles. The van der Waals surface area contributed by atoms with Gasteiger partial charge in [0.2, 0.25) is 0 Å². The van der Waals surface area contributed by atoms with Gasteiger partial charge in [0.25, 0.3) is 22.9 Å². The van der Waals surface area contributed by atoms with Crippen molar-refractivity contribution in [3.8, 4) is 0 Å². The summed E-state index contributed by atoms with van der Waals surface area (Å²) in [4.78, 5) is 74.5. The standard InChI is InChI=1S/2C20H22N2O3/c2*1-13-8-15(13)10-18(23)16-9-17(19(24)21-2)20(25)22(12-16)11-14-6-4-3-5-7-14/h2*3-7,9,12-13,15H,8,10-11H2,1-2H3,(H,21,24)/t13-,15+;13-,15-/m01/s1. The fourth-order valence-electron chi connectivity index (χ4n) is 6.05. The van der Waals surface area contributed by atoms with Gasteiger partial charge in [0.05, 0.1) is 13.1 Å². The lowest BCUT2D eigenvalue weighted by Gasteiger charge is -2.11. The Morgan fingerprint density at radius 3 is 1.26 bits per heavy atom. The first-order valence-corrected chi connectivity index (χ1v) is 17.1. The lowest BCUT2D eigenvalue weighted by atomic mass is 10.0. The van der Waals surface area contributed by atoms with E-state index in [-0.39, 0.29) is 33.8 Å². The highest BCUT2D eigenvalue weighted by molar-refractivity contribution is 6.01. The summed E-state index contributed by atoms with van der Waals surface area (Å²) in [6.45, 7) is 4.91. The second-order valence-corrected chi connectivity index (χ2v) is 13.5. The molecule has 0 unspecified atom stereocenters. The Morgan fingerprint density at radius 1 is 0.620 bits per heavy atom. The molecule has 0 radical (unpaired) electrons. The maximum absolute atomic E-state index is 12.6. The van der Waals surface area contributed by atoms with Gasteiger partial charge in [-0.1, -0.05) is 74.5 Å². The third-order valence-corrected chi connectivity index (χ3v) is 9.60. The topological polar surface area (TPSA) is 136 Å². The molecule has 10 heteroatoms. The molecular formula is C40H44N4O6. The van der Waals surface area contributed by atoms with Crippen LogP contribution >= 0.6 is 0 Å². The van der Waals surface area contributed by atoms with Crippen LogP contribution in [0.5, 0.6) is 0 Å². The lowest BCUT2D eigenvalue weighted by molar-refractivity contribution is 0.0948. The Morgan fingerprint density at radius 2 is 0.960 bits per heavy atom. The number of ketones is 2. The normalized spacial score (nSPS) is 18.6. The highest BCUT2D eigenvalue weighted by atomic mass is 16.2. The predicted molar refractivity (Wildman–Crippen MR) is 192 cm³/mol. The van der Waals surface area contributed by atoms with Crippen LogP contribution in [0.2, 0.25) is 0 Å². The van der Waals surface area contributed by atoms with Gasteiger partial charge in [-0.25, -0.2) is 0 Å². The molecule has 2 aromatic carbocycles. The average molecular weight is 677 g/mol. The zero-order chi connectivity index (χ0) is 35.9. The van der Waals surface area contributed by atoms with Crippen LogP contribution in [-0.2, 0) is 13.1 Å². The Bertz CT molecular complexity index is 1850. The van der Waals surface area contributed by atoms with Crippen molar-refractivity contribution < 1.29 is 19.2 Å². The number of nitrogens with zero attached hydrogens (tertiary/aromatic N) is 2. The highest BCUT2D eigenvalue weighted by Gasteiger charge is 2.35. The fourth-order valence-corrected chi connectivity index (χ4v) is 6.05. The van der Waals surface area contributed by atoms with Crippen LogP contribution < -0.4 is 21.8 Å². The van der Waals surface area contributed by atoms with Gasteiger partial charge < -0.3 is 19.8 Å². The van der Waals surface area contributed by atoms with Crippen LogP contribution in [0.3, 0.4) is 0 Å². The van der Waals surface area contributed by atoms with Crippen LogP contribution in [0.1, 0.15) is 92.1 Å². The molecular weight excluding hydrogens is 632 g/mol. The number of Topliss-reactive ketones (excluding diaryl/α,β-unsaturated/α-hetero) is 2. The van der Waals surface area contributed by atoms with E-state index < -0.39 is 11.8 Å². The van der Waals surface area contributed by atoms with E-state index in [1.807, 2.05) is 60.7 Å². The largest absolute Gasteiger partial charge is 0.355 e. The monoisotopic (exact) mass is 676 g/mol. The molecule has 0 spiro atoms. The van der Waals surface area contributed by atoms with Crippen LogP contribution in [0, 0.1) is 23.7 Å². The molecule has 0 aliphatic heterocycles. The van der Waals surface area contributed by atoms with E-state index >= 15 is 0 Å². The third-order valence-electron chi connectivity index (χ3n) is 9.60. The van der Waals surface area contributed by atoms with Crippen molar-refractivity contribution >= 4 is 23.4 Å². The number of hydrogen-bond donors (Lipinski definition) is 2. The molecule has 2 N–H and O–H groups in total. The Labute approximate surface area is 291 Å². The minimum atomic E-state index is -0.471. The van der Waals surface area contributed by atoms with Gasteiger partial charge in [0, 0.05) is 50.5 Å². The van der Waals surface area contributed by atoms with E-state index in [1.165, 1.54) is 35.4 Å². The molecule has 2 aliphatic rings. The number of pyridine rings is 2. The summed E-state index contributed by atoms with van der Waals surface area (Å²) in [6.07, 6.45) is 6.24. The average Bonchev–Trinajstić information content (AvgIpc) is 4.03. The molecule has 2 fully saturated rings. The van der Waals surface area contributed by atoms with Crippen molar-refractivity contribution in [2.45, 2.75) is 52.6 Å². The van der Waals surface area contributed by atoms with E-state index in [0.717, 1.165) is 24.0 Å². The number of benzene rings is 2. The maximum Gasteiger partial charge on any atom is 0.263 e. The molecule has 10 nitrogen and oxygen atoms in total. The molecule has 260 valence electrons. The number of aromatic nitrogens is 2. The van der Waals surface area contributed by atoms with Gasteiger partial charge in [-0.2, -0.15) is 0 Å². The Kier molecular flexibility index (Phi) is 11.4. The van der Waals surface area contributed by atoms with Gasteiger partial charge in [-0.3, -0.25) is 28.8 Å². The summed E-state index contributed by atoms with van der Waals surface area (Å²) in [7, 11) is 2.95. The Hall–Kier alpha value is -5.38. The molecule has 2 saturated carbocycles. The molecule has 50 heavy (non-hydrogen) atoms. The molecule has 0 bridgehead atoms. The smallest absolute Gasteiger partial charge is 0.263 e. The number of amides is 2. The molecule has 2 aromatic heterocycles. The van der Waals surface area contributed by atoms with Crippen molar-refractivity contribution in [2.24, 2.45) is 23.7 Å². The Balaban J connectivity index is 0.000000194. The first kappa shape index (κ1) is 35.9. The second-order valence-electron chi connectivity index (χ2n) is 13.5. The molecule has 6 rings (SSSR count). The predicted octanol–water partition coefficient (Wildman–Crippen LogP) is 4.97. The van der Waals surface area contributed by atoms with Crippen molar-refractivity contribution in [1.29, 1.82) is 0 Å². The second kappa shape index (κ2) is 15.9. The van der Waals surface area contributed by atoms with Gasteiger partial charge in [-0.05, 0) is 59.8 Å². The minimum absolute atomic E-state index is 0.00752. The summed E-state index contributed by atoms with van der Waals surface area (Å²) in [5.74, 6) is 1.04. The van der Waals surface area contributed by atoms with Crippen molar-refractivity contribution in [1.82, 2.24) is 19.8 Å². The summed E-state index contributed by atoms with van der Waals surface area (Å²) >= 11 is 0. The van der Waals surface area contributed by atoms with Crippen LogP contribution in [0.15, 0.2) is 94.8 Å². The first-order chi connectivity index (χ1) is 24.0. The molecule has 0 saturated heterocycles. The van der Waals surface area contributed by atoms with Gasteiger partial charge >= 0.3 is 0 Å². The zero-order valence-electron chi connectivity index (χ0n) is 29.0. The summed E-state index contributed by atoms with van der Waals surface area (Å²) in [5.41, 5.74) is 1.96. The van der Waals surface area contributed by atoms with E-state index in [1.54, 1.807) is 12.4 Å². The fraction of sp³-hybridized carbons (Fsp3) is 0.350. The van der Waals surface area contributed by atoms with Crippen LogP contribution in [0.4, 0.5) is 0 Å². The number of carbonyl (C=O) groups is 4. The maximum atomic E-state index is 12.6. The zero-order valence-corrected chi connectivity index (χ0v) is 29.0. The molecule has 2 amide bonds. The van der Waals surface area contributed by atoms with Gasteiger partial charge in [-0.15, -0.1) is 0 Å². The number of rotatable bonds is 12. The summed E-state index contributed by atoms with van der Waals surface area (Å²) < 4.78 is 2.90. The van der Waals surface area contributed by atoms with E-state index in [9.17, 15) is 28.8 Å². The molecule has 4 atom stereocenters. The lowest BCUT2D eigenvalue weighted by Crippen LogP contribution is -2.32. The highest BCUT2D eigenvalue weighted by Crippen LogP contribution is 2.41. The number of nitrogens with one attached hydrogen (secondary N) is 2. The number of hydrogen-bond acceptors (Lipinski definition) is 6. The molecule has 2 aliphatic carbocycles.